The van der Waals surface area contributed by atoms with Crippen molar-refractivity contribution in [1.82, 2.24) is 15.1 Å². The Labute approximate surface area is 177 Å². The predicted molar refractivity (Wildman–Crippen MR) is 112 cm³/mol. The van der Waals surface area contributed by atoms with Crippen molar-refractivity contribution in [2.75, 3.05) is 45.9 Å². The van der Waals surface area contributed by atoms with Crippen LogP contribution in [0.2, 0.25) is 5.02 Å². The number of likely N-dealkylation sites (tertiary alicyclic amines) is 1. The lowest BCUT2D eigenvalue weighted by Crippen LogP contribution is -2.54. The number of carbonyl (C=O) groups excluding carboxylic acids is 1. The molecule has 3 fully saturated rings. The summed E-state index contributed by atoms with van der Waals surface area (Å²) in [5.41, 5.74) is 0.615. The van der Waals surface area contributed by atoms with Crippen molar-refractivity contribution in [3.63, 3.8) is 0 Å². The van der Waals surface area contributed by atoms with Crippen LogP contribution in [0, 0.1) is 11.7 Å². The minimum absolute atomic E-state index is 0.141. The Morgan fingerprint density at radius 1 is 1.28 bits per heavy atom. The lowest BCUT2D eigenvalue weighted by Gasteiger charge is -2.36. The van der Waals surface area contributed by atoms with E-state index in [9.17, 15) is 9.18 Å². The topological polar surface area (TPSA) is 44.8 Å². The van der Waals surface area contributed by atoms with Crippen molar-refractivity contribution in [3.05, 3.63) is 34.6 Å². The number of nitrogens with one attached hydrogen (secondary N) is 1. The van der Waals surface area contributed by atoms with Gasteiger partial charge < -0.3 is 15.0 Å². The van der Waals surface area contributed by atoms with Gasteiger partial charge in [0.25, 0.3) is 0 Å². The molecule has 1 amide bonds. The zero-order chi connectivity index (χ0) is 20.4. The van der Waals surface area contributed by atoms with E-state index in [1.165, 1.54) is 6.07 Å². The second-order valence-electron chi connectivity index (χ2n) is 8.52. The Morgan fingerprint density at radius 2 is 2.07 bits per heavy atom. The number of carbonyl (C=O) groups is 1. The monoisotopic (exact) mass is 423 g/mol. The number of hydrogen-bond acceptors (Lipinski definition) is 4. The highest BCUT2D eigenvalue weighted by molar-refractivity contribution is 6.30. The molecule has 1 aromatic rings. The van der Waals surface area contributed by atoms with E-state index in [4.69, 9.17) is 16.3 Å². The highest BCUT2D eigenvalue weighted by Gasteiger charge is 2.44. The first-order valence-electron chi connectivity index (χ1n) is 10.9. The molecule has 0 radical (unpaired) electrons. The van der Waals surface area contributed by atoms with Gasteiger partial charge in [0.15, 0.2) is 0 Å². The van der Waals surface area contributed by atoms with E-state index in [1.54, 1.807) is 12.1 Å². The van der Waals surface area contributed by atoms with Crippen LogP contribution >= 0.6 is 11.6 Å². The van der Waals surface area contributed by atoms with E-state index in [2.05, 4.69) is 17.1 Å². The summed E-state index contributed by atoms with van der Waals surface area (Å²) < 4.78 is 20.3. The Kier molecular flexibility index (Phi) is 6.74. The van der Waals surface area contributed by atoms with Crippen LogP contribution < -0.4 is 5.32 Å². The van der Waals surface area contributed by atoms with E-state index >= 15 is 0 Å². The van der Waals surface area contributed by atoms with Crippen LogP contribution in [0.5, 0.6) is 0 Å². The molecule has 3 saturated heterocycles. The van der Waals surface area contributed by atoms with E-state index < -0.39 is 0 Å². The fourth-order valence-corrected chi connectivity index (χ4v) is 5.24. The van der Waals surface area contributed by atoms with Crippen LogP contribution in [0.1, 0.15) is 37.7 Å². The van der Waals surface area contributed by atoms with Gasteiger partial charge in [-0.15, -0.1) is 0 Å². The molecular weight excluding hydrogens is 393 g/mol. The summed E-state index contributed by atoms with van der Waals surface area (Å²) >= 11 is 5.98. The Balaban J connectivity index is 1.58. The summed E-state index contributed by atoms with van der Waals surface area (Å²) in [6, 6.07) is 5.62. The van der Waals surface area contributed by atoms with Crippen molar-refractivity contribution in [1.29, 1.82) is 0 Å². The summed E-state index contributed by atoms with van der Waals surface area (Å²) in [5.74, 6) is -0.499. The third-order valence-corrected chi connectivity index (χ3v) is 7.03. The van der Waals surface area contributed by atoms with Crippen molar-refractivity contribution in [2.45, 2.75) is 44.2 Å². The zero-order valence-corrected chi connectivity index (χ0v) is 17.8. The fourth-order valence-electron chi connectivity index (χ4n) is 5.08. The molecule has 0 spiro atoms. The van der Waals surface area contributed by atoms with Gasteiger partial charge >= 0.3 is 0 Å². The number of hydrogen-bond donors (Lipinski definition) is 1. The van der Waals surface area contributed by atoms with Crippen LogP contribution in [0.15, 0.2) is 18.2 Å². The normalized spacial score (nSPS) is 29.3. The molecule has 4 rings (SSSR count). The van der Waals surface area contributed by atoms with Crippen molar-refractivity contribution >= 4 is 17.5 Å². The highest BCUT2D eigenvalue weighted by atomic mass is 35.5. The van der Waals surface area contributed by atoms with Gasteiger partial charge in [0.05, 0.1) is 5.92 Å². The Bertz CT molecular complexity index is 728. The van der Waals surface area contributed by atoms with Gasteiger partial charge in [0, 0.05) is 69.0 Å². The molecule has 3 aliphatic heterocycles. The van der Waals surface area contributed by atoms with E-state index in [-0.39, 0.29) is 23.6 Å². The lowest BCUT2D eigenvalue weighted by atomic mass is 9.87. The van der Waals surface area contributed by atoms with Gasteiger partial charge in [0.2, 0.25) is 5.91 Å². The number of piperazine rings is 1. The molecule has 0 bridgehead atoms. The maximum Gasteiger partial charge on any atom is 0.227 e. The van der Waals surface area contributed by atoms with Crippen molar-refractivity contribution < 1.29 is 13.9 Å². The predicted octanol–water partition coefficient (Wildman–Crippen LogP) is 2.88. The summed E-state index contributed by atoms with van der Waals surface area (Å²) in [6.45, 7) is 7.34. The number of halogens is 2. The van der Waals surface area contributed by atoms with Crippen LogP contribution in [0.25, 0.3) is 0 Å². The minimum atomic E-state index is -0.305. The molecule has 3 heterocycles. The lowest BCUT2D eigenvalue weighted by molar-refractivity contribution is -0.136. The second kappa shape index (κ2) is 9.29. The SMILES string of the molecule is CC[C@@H]1CN(C(=O)[C@@H]2CN(C3CCOCC3)C[C@H]2c2ccc(Cl)cc2F)CCN1. The molecule has 7 heteroatoms. The minimum Gasteiger partial charge on any atom is -0.381 e. The van der Waals surface area contributed by atoms with E-state index in [0.717, 1.165) is 52.1 Å². The molecule has 0 saturated carbocycles. The summed E-state index contributed by atoms with van der Waals surface area (Å²) in [4.78, 5) is 17.9. The number of ether oxygens (including phenoxy) is 1. The van der Waals surface area contributed by atoms with Gasteiger partial charge in [-0.3, -0.25) is 9.69 Å². The quantitative estimate of drug-likeness (QED) is 0.808. The molecule has 3 atom stereocenters. The molecule has 29 heavy (non-hydrogen) atoms. The van der Waals surface area contributed by atoms with Gasteiger partial charge in [-0.1, -0.05) is 24.6 Å². The van der Waals surface area contributed by atoms with Crippen LogP contribution in [0.4, 0.5) is 4.39 Å². The molecular formula is C22H31ClFN3O2. The largest absolute Gasteiger partial charge is 0.381 e. The molecule has 5 nitrogen and oxygen atoms in total. The zero-order valence-electron chi connectivity index (χ0n) is 17.1. The average molecular weight is 424 g/mol. The maximum atomic E-state index is 14.8. The third-order valence-electron chi connectivity index (χ3n) is 6.79. The molecule has 1 N–H and O–H groups in total. The fraction of sp³-hybridized carbons (Fsp3) is 0.682. The average Bonchev–Trinajstić information content (AvgIpc) is 3.19. The number of amides is 1. The third kappa shape index (κ3) is 4.61. The summed E-state index contributed by atoms with van der Waals surface area (Å²) in [6.07, 6.45) is 2.95. The van der Waals surface area contributed by atoms with E-state index in [0.29, 0.717) is 35.8 Å². The Hall–Kier alpha value is -1.21. The van der Waals surface area contributed by atoms with Crippen molar-refractivity contribution in [3.8, 4) is 0 Å². The summed E-state index contributed by atoms with van der Waals surface area (Å²) in [7, 11) is 0. The second-order valence-corrected chi connectivity index (χ2v) is 8.96. The van der Waals surface area contributed by atoms with E-state index in [1.807, 2.05) is 4.90 Å². The highest BCUT2D eigenvalue weighted by Crippen LogP contribution is 2.38. The van der Waals surface area contributed by atoms with Crippen LogP contribution in [-0.4, -0.2) is 73.7 Å². The molecule has 0 unspecified atom stereocenters. The van der Waals surface area contributed by atoms with Crippen molar-refractivity contribution in [2.24, 2.45) is 5.92 Å². The first kappa shape index (κ1) is 21.0. The molecule has 0 aromatic heterocycles. The standard InChI is InChI=1S/C22H31ClFN3O2/c1-2-16-12-26(8-7-25-16)22(28)20-14-27(17-5-9-29-10-6-17)13-19(20)18-4-3-15(23)11-21(18)24/h3-4,11,16-17,19-20,25H,2,5-10,12-14H2,1H3/t16-,19+,20-/m1/s1. The van der Waals surface area contributed by atoms with Gasteiger partial charge in [-0.25, -0.2) is 4.39 Å². The maximum absolute atomic E-state index is 14.8. The first-order valence-corrected chi connectivity index (χ1v) is 11.2. The summed E-state index contributed by atoms with van der Waals surface area (Å²) in [5, 5.41) is 3.86. The van der Waals surface area contributed by atoms with Crippen LogP contribution in [-0.2, 0) is 9.53 Å². The van der Waals surface area contributed by atoms with Crippen LogP contribution in [0.3, 0.4) is 0 Å². The smallest absolute Gasteiger partial charge is 0.227 e. The van der Waals surface area contributed by atoms with Gasteiger partial charge in [-0.2, -0.15) is 0 Å². The Morgan fingerprint density at radius 3 is 2.79 bits per heavy atom. The van der Waals surface area contributed by atoms with Gasteiger partial charge in [-0.05, 0) is 37.0 Å². The van der Waals surface area contributed by atoms with Gasteiger partial charge in [0.1, 0.15) is 5.82 Å². The molecule has 0 aliphatic carbocycles. The molecule has 3 aliphatic rings. The number of nitrogens with zero attached hydrogens (tertiary/aromatic N) is 2. The number of rotatable bonds is 4. The first-order chi connectivity index (χ1) is 14.1. The molecule has 1 aromatic carbocycles. The number of benzene rings is 1. The molecule has 160 valence electrons.